The number of aliphatic hydroxyl groups excluding tert-OH is 1. The smallest absolute Gasteiger partial charge is 0.185 e. The third-order valence-corrected chi connectivity index (χ3v) is 7.68. The van der Waals surface area contributed by atoms with Crippen LogP contribution in [0.15, 0.2) is 11.6 Å². The van der Waals surface area contributed by atoms with Crippen molar-refractivity contribution in [3.8, 4) is 0 Å². The van der Waals surface area contributed by atoms with Crippen LogP contribution in [-0.4, -0.2) is 38.7 Å². The topological polar surface area (TPSA) is 71.5 Å². The zero-order valence-corrected chi connectivity index (χ0v) is 20.0. The Morgan fingerprint density at radius 1 is 1.34 bits per heavy atom. The van der Waals surface area contributed by atoms with Crippen molar-refractivity contribution in [1.82, 2.24) is 10.3 Å². The zero-order chi connectivity index (χ0) is 21.8. The predicted molar refractivity (Wildman–Crippen MR) is 117 cm³/mol. The molecule has 0 aromatic carbocycles. The summed E-state index contributed by atoms with van der Waals surface area (Å²) in [7, 11) is 0. The molecule has 0 amide bonds. The van der Waals surface area contributed by atoms with E-state index in [2.05, 4.69) is 38.0 Å². The first-order chi connectivity index (χ1) is 13.2. The number of thiazole rings is 1. The van der Waals surface area contributed by atoms with Crippen LogP contribution < -0.4 is 5.32 Å². The summed E-state index contributed by atoms with van der Waals surface area (Å²) in [6, 6.07) is -0.230. The maximum atomic E-state index is 14.0. The van der Waals surface area contributed by atoms with Gasteiger partial charge < -0.3 is 9.84 Å². The summed E-state index contributed by atoms with van der Waals surface area (Å²) in [5.41, 5.74) is -2.04. The Hall–Kier alpha value is -0.820. The lowest BCUT2D eigenvalue weighted by atomic mass is 9.79. The lowest BCUT2D eigenvalue weighted by molar-refractivity contribution is -0.171. The Morgan fingerprint density at radius 2 is 2.00 bits per heavy atom. The number of rotatable bonds is 7. The van der Waals surface area contributed by atoms with Gasteiger partial charge in [0, 0.05) is 17.6 Å². The van der Waals surface area contributed by atoms with Crippen LogP contribution in [0.5, 0.6) is 0 Å². The second-order valence-corrected chi connectivity index (χ2v) is 12.0. The molecule has 2 fully saturated rings. The molecule has 2 aliphatic rings. The maximum absolute atomic E-state index is 14.0. The van der Waals surface area contributed by atoms with Gasteiger partial charge in [0.15, 0.2) is 5.78 Å². The van der Waals surface area contributed by atoms with Crippen LogP contribution in [0, 0.1) is 17.3 Å². The van der Waals surface area contributed by atoms with E-state index in [0.717, 1.165) is 19.3 Å². The Kier molecular flexibility index (Phi) is 5.83. The Bertz CT molecular complexity index is 740. The molecule has 5 atom stereocenters. The molecule has 1 aromatic heterocycles. The summed E-state index contributed by atoms with van der Waals surface area (Å²) in [5.74, 6) is 0.785. The number of fused-ring (bicyclic) bond motifs is 1. The van der Waals surface area contributed by atoms with E-state index >= 15 is 0 Å². The molecule has 5 nitrogen and oxygen atoms in total. The second-order valence-electron chi connectivity index (χ2n) is 11.1. The van der Waals surface area contributed by atoms with Gasteiger partial charge in [0.1, 0.15) is 16.7 Å². The third-order valence-electron chi connectivity index (χ3n) is 6.83. The SMILES string of the molecule is CC(C)C[C@H](NC12C(=O)C(C)(OC(C)(C)C)CCC1C2(C)C)[C@@H](O)c1nccs1. The Balaban J connectivity index is 1.93. The van der Waals surface area contributed by atoms with Crippen LogP contribution in [-0.2, 0) is 9.53 Å². The van der Waals surface area contributed by atoms with Gasteiger partial charge in [-0.15, -0.1) is 11.3 Å². The van der Waals surface area contributed by atoms with Crippen molar-refractivity contribution in [1.29, 1.82) is 0 Å². The highest BCUT2D eigenvalue weighted by Gasteiger charge is 2.79. The van der Waals surface area contributed by atoms with Gasteiger partial charge in [0.25, 0.3) is 0 Å². The highest BCUT2D eigenvalue weighted by molar-refractivity contribution is 7.09. The highest BCUT2D eigenvalue weighted by Crippen LogP contribution is 2.68. The highest BCUT2D eigenvalue weighted by atomic mass is 32.1. The van der Waals surface area contributed by atoms with E-state index in [0.29, 0.717) is 10.9 Å². The minimum absolute atomic E-state index is 0.140. The van der Waals surface area contributed by atoms with Gasteiger partial charge in [-0.25, -0.2) is 4.98 Å². The van der Waals surface area contributed by atoms with Crippen LogP contribution in [0.3, 0.4) is 0 Å². The monoisotopic (exact) mass is 422 g/mol. The molecule has 1 heterocycles. The number of hydrogen-bond donors (Lipinski definition) is 2. The fourth-order valence-electron chi connectivity index (χ4n) is 5.59. The molecule has 29 heavy (non-hydrogen) atoms. The fraction of sp³-hybridized carbons (Fsp3) is 0.826. The number of nitrogens with zero attached hydrogens (tertiary/aromatic N) is 1. The molecule has 2 aliphatic carbocycles. The molecule has 164 valence electrons. The van der Waals surface area contributed by atoms with Gasteiger partial charge in [0.2, 0.25) is 0 Å². The summed E-state index contributed by atoms with van der Waals surface area (Å²) >= 11 is 1.46. The summed E-state index contributed by atoms with van der Waals surface area (Å²) in [4.78, 5) is 18.3. The lowest BCUT2D eigenvalue weighted by Crippen LogP contribution is -2.61. The normalized spacial score (nSPS) is 33.4. The van der Waals surface area contributed by atoms with Gasteiger partial charge in [0.05, 0.1) is 11.1 Å². The van der Waals surface area contributed by atoms with Gasteiger partial charge >= 0.3 is 0 Å². The van der Waals surface area contributed by atoms with Crippen LogP contribution in [0.25, 0.3) is 0 Å². The van der Waals surface area contributed by atoms with E-state index in [1.807, 2.05) is 33.1 Å². The number of ether oxygens (including phenoxy) is 1. The zero-order valence-electron chi connectivity index (χ0n) is 19.2. The number of aromatic nitrogens is 1. The lowest BCUT2D eigenvalue weighted by Gasteiger charge is -2.43. The molecule has 3 rings (SSSR count). The van der Waals surface area contributed by atoms with Crippen molar-refractivity contribution in [2.24, 2.45) is 17.3 Å². The average Bonchev–Trinajstić information content (AvgIpc) is 2.94. The van der Waals surface area contributed by atoms with Crippen LogP contribution in [0.2, 0.25) is 0 Å². The Morgan fingerprint density at radius 3 is 2.52 bits per heavy atom. The quantitative estimate of drug-likeness (QED) is 0.676. The van der Waals surface area contributed by atoms with Crippen molar-refractivity contribution < 1.29 is 14.6 Å². The minimum Gasteiger partial charge on any atom is -0.384 e. The molecule has 0 spiro atoms. The summed E-state index contributed by atoms with van der Waals surface area (Å²) in [6.07, 6.45) is 3.45. The number of carbonyl (C=O) groups excluding carboxylic acids is 1. The first kappa shape index (κ1) is 22.9. The van der Waals surface area contributed by atoms with E-state index in [4.69, 9.17) is 4.74 Å². The van der Waals surface area contributed by atoms with E-state index < -0.39 is 22.8 Å². The number of nitrogens with one attached hydrogen (secondary N) is 1. The number of aliphatic hydroxyl groups is 1. The third kappa shape index (κ3) is 3.93. The first-order valence-electron chi connectivity index (χ1n) is 10.8. The molecule has 0 bridgehead atoms. The van der Waals surface area contributed by atoms with Gasteiger partial charge in [-0.3, -0.25) is 10.1 Å². The van der Waals surface area contributed by atoms with E-state index in [1.54, 1.807) is 6.20 Å². The minimum atomic E-state index is -0.815. The van der Waals surface area contributed by atoms with Crippen molar-refractivity contribution in [2.45, 2.75) is 104 Å². The molecule has 6 heteroatoms. The molecule has 0 aliphatic heterocycles. The summed E-state index contributed by atoms with van der Waals surface area (Å²) in [6.45, 7) is 16.6. The maximum Gasteiger partial charge on any atom is 0.185 e. The number of ketones is 1. The predicted octanol–water partition coefficient (Wildman–Crippen LogP) is 4.51. The number of Topliss-reactive ketones (excluding diaryl/α,β-unsaturated/α-hetero) is 1. The van der Waals surface area contributed by atoms with Gasteiger partial charge in [-0.2, -0.15) is 0 Å². The average molecular weight is 423 g/mol. The molecular weight excluding hydrogens is 384 g/mol. The Labute approximate surface area is 179 Å². The van der Waals surface area contributed by atoms with Gasteiger partial charge in [-0.1, -0.05) is 27.7 Å². The van der Waals surface area contributed by atoms with Crippen molar-refractivity contribution >= 4 is 17.1 Å². The molecule has 0 saturated heterocycles. The molecular formula is C23H38N2O3S. The van der Waals surface area contributed by atoms with Crippen molar-refractivity contribution in [2.75, 3.05) is 0 Å². The summed E-state index contributed by atoms with van der Waals surface area (Å²) in [5, 5.41) is 17.4. The van der Waals surface area contributed by atoms with Crippen LogP contribution in [0.1, 0.15) is 85.8 Å². The molecule has 2 saturated carbocycles. The number of carbonyl (C=O) groups is 1. The van der Waals surface area contributed by atoms with Crippen molar-refractivity contribution in [3.63, 3.8) is 0 Å². The molecule has 2 N–H and O–H groups in total. The molecule has 1 aromatic rings. The summed E-state index contributed by atoms with van der Waals surface area (Å²) < 4.78 is 6.33. The number of hydrogen-bond acceptors (Lipinski definition) is 6. The second kappa shape index (κ2) is 7.40. The largest absolute Gasteiger partial charge is 0.384 e. The molecule has 0 radical (unpaired) electrons. The van der Waals surface area contributed by atoms with Gasteiger partial charge in [-0.05, 0) is 64.2 Å². The fourth-order valence-corrected chi connectivity index (χ4v) is 6.28. The van der Waals surface area contributed by atoms with Crippen LogP contribution in [0.4, 0.5) is 0 Å². The van der Waals surface area contributed by atoms with E-state index in [1.165, 1.54) is 11.3 Å². The van der Waals surface area contributed by atoms with E-state index in [9.17, 15) is 9.90 Å². The first-order valence-corrected chi connectivity index (χ1v) is 11.7. The van der Waals surface area contributed by atoms with Crippen LogP contribution >= 0.6 is 11.3 Å². The molecule has 3 unspecified atom stereocenters. The standard InChI is InChI=1S/C23H38N2O3S/c1-14(2)13-15(17(26)18-24-11-12-29-18)25-23-16(21(23,6)7)9-10-22(8,19(23)27)28-20(3,4)5/h11-12,14-17,25-26H,9-10,13H2,1-8H3/t15-,16?,17+,22?,23?/m0/s1. The van der Waals surface area contributed by atoms with E-state index in [-0.39, 0.29) is 23.2 Å². The van der Waals surface area contributed by atoms with Crippen molar-refractivity contribution in [3.05, 3.63) is 16.6 Å².